The summed E-state index contributed by atoms with van der Waals surface area (Å²) in [7, 11) is 0. The van der Waals surface area contributed by atoms with Gasteiger partial charge < -0.3 is 24.1 Å². The largest absolute Gasteiger partial charge is 0.462 e. The molecule has 0 aromatic heterocycles. The maximum atomic E-state index is 12.5. The van der Waals surface area contributed by atoms with E-state index in [4.69, 9.17) is 18.9 Å². The highest BCUT2D eigenvalue weighted by atomic mass is 16.6. The van der Waals surface area contributed by atoms with Gasteiger partial charge in [0.05, 0.1) is 12.2 Å². The summed E-state index contributed by atoms with van der Waals surface area (Å²) >= 11 is 0. The standard InChI is InChI=1S/C25H36O8/c1-8-12(2)9-19(28)33-24-13(3)17-10-18(32-16(6)27)20(14(4)31-15(5)26)21(17)22(23(24)29)25(7)11-30-25/h9,14,17-18,20-24,29H,3,8,10-11H2,1-2,4-7H3/b12-9-. The van der Waals surface area contributed by atoms with E-state index in [2.05, 4.69) is 6.58 Å². The first-order valence-corrected chi connectivity index (χ1v) is 11.6. The minimum absolute atomic E-state index is 0.208. The molecule has 9 atom stereocenters. The van der Waals surface area contributed by atoms with Crippen molar-refractivity contribution in [2.45, 2.75) is 84.4 Å². The number of aliphatic hydroxyl groups excluding tert-OH is 1. The Kier molecular flexibility index (Phi) is 7.39. The molecule has 1 heterocycles. The van der Waals surface area contributed by atoms with E-state index in [0.29, 0.717) is 25.0 Å². The minimum Gasteiger partial charge on any atom is -0.462 e. The second kappa shape index (κ2) is 9.58. The predicted molar refractivity (Wildman–Crippen MR) is 119 cm³/mol. The fourth-order valence-electron chi connectivity index (χ4n) is 5.79. The van der Waals surface area contributed by atoms with Crippen molar-refractivity contribution in [3.05, 3.63) is 23.8 Å². The number of aliphatic hydroxyl groups is 1. The van der Waals surface area contributed by atoms with E-state index in [1.54, 1.807) is 6.92 Å². The molecule has 0 aromatic rings. The first-order chi connectivity index (χ1) is 15.4. The number of fused-ring (bicyclic) bond motifs is 1. The lowest BCUT2D eigenvalue weighted by atomic mass is 9.61. The van der Waals surface area contributed by atoms with Crippen LogP contribution in [-0.4, -0.2) is 59.6 Å². The average molecular weight is 465 g/mol. The van der Waals surface area contributed by atoms with Crippen LogP contribution in [0.25, 0.3) is 0 Å². The molecular formula is C25H36O8. The molecule has 0 spiro atoms. The number of hydrogen-bond donors (Lipinski definition) is 1. The molecule has 3 rings (SSSR count). The van der Waals surface area contributed by atoms with E-state index < -0.39 is 53.8 Å². The minimum atomic E-state index is -1.06. The highest BCUT2D eigenvalue weighted by Gasteiger charge is 2.66. The van der Waals surface area contributed by atoms with Crippen molar-refractivity contribution in [2.24, 2.45) is 23.7 Å². The lowest BCUT2D eigenvalue weighted by Gasteiger charge is -2.47. The molecule has 9 unspecified atom stereocenters. The fourth-order valence-corrected chi connectivity index (χ4v) is 5.79. The summed E-state index contributed by atoms with van der Waals surface area (Å²) in [5, 5.41) is 11.5. The van der Waals surface area contributed by atoms with E-state index in [-0.39, 0.29) is 17.8 Å². The van der Waals surface area contributed by atoms with Gasteiger partial charge in [-0.3, -0.25) is 9.59 Å². The van der Waals surface area contributed by atoms with Crippen LogP contribution in [0.1, 0.15) is 54.4 Å². The topological polar surface area (TPSA) is 112 Å². The molecule has 0 radical (unpaired) electrons. The molecule has 0 aromatic carbocycles. The first-order valence-electron chi connectivity index (χ1n) is 11.6. The average Bonchev–Trinajstić information content (AvgIpc) is 3.33. The summed E-state index contributed by atoms with van der Waals surface area (Å²) in [6.45, 7) is 14.8. The van der Waals surface area contributed by atoms with E-state index in [9.17, 15) is 19.5 Å². The molecule has 1 aliphatic heterocycles. The molecule has 3 fully saturated rings. The first kappa shape index (κ1) is 25.4. The molecule has 2 aliphatic carbocycles. The molecule has 33 heavy (non-hydrogen) atoms. The van der Waals surface area contributed by atoms with Crippen molar-refractivity contribution in [2.75, 3.05) is 6.61 Å². The van der Waals surface area contributed by atoms with Gasteiger partial charge in [-0.1, -0.05) is 19.1 Å². The molecule has 0 bridgehead atoms. The normalized spacial score (nSPS) is 38.8. The zero-order valence-corrected chi connectivity index (χ0v) is 20.3. The Bertz CT molecular complexity index is 841. The van der Waals surface area contributed by atoms with Crippen molar-refractivity contribution in [3.8, 4) is 0 Å². The van der Waals surface area contributed by atoms with Crippen LogP contribution in [0.5, 0.6) is 0 Å². The molecule has 1 saturated heterocycles. The number of esters is 3. The molecule has 2 saturated carbocycles. The Morgan fingerprint density at radius 3 is 2.39 bits per heavy atom. The third kappa shape index (κ3) is 5.17. The van der Waals surface area contributed by atoms with Gasteiger partial charge in [-0.15, -0.1) is 0 Å². The van der Waals surface area contributed by atoms with Gasteiger partial charge in [0, 0.05) is 31.8 Å². The van der Waals surface area contributed by atoms with Crippen LogP contribution >= 0.6 is 0 Å². The van der Waals surface area contributed by atoms with E-state index in [1.807, 2.05) is 20.8 Å². The Morgan fingerprint density at radius 1 is 1.24 bits per heavy atom. The quantitative estimate of drug-likeness (QED) is 0.201. The Labute approximate surface area is 195 Å². The molecule has 8 nitrogen and oxygen atoms in total. The number of rotatable bonds is 7. The summed E-state index contributed by atoms with van der Waals surface area (Å²) < 4.78 is 22.6. The summed E-state index contributed by atoms with van der Waals surface area (Å²) in [6, 6.07) is 0. The van der Waals surface area contributed by atoms with Crippen molar-refractivity contribution in [1.29, 1.82) is 0 Å². The zero-order valence-electron chi connectivity index (χ0n) is 20.3. The summed E-state index contributed by atoms with van der Waals surface area (Å²) in [4.78, 5) is 36.1. The number of carbonyl (C=O) groups excluding carboxylic acids is 3. The van der Waals surface area contributed by atoms with Crippen LogP contribution in [0.3, 0.4) is 0 Å². The highest BCUT2D eigenvalue weighted by molar-refractivity contribution is 5.83. The fraction of sp³-hybridized carbons (Fsp3) is 0.720. The van der Waals surface area contributed by atoms with Gasteiger partial charge in [0.25, 0.3) is 0 Å². The smallest absolute Gasteiger partial charge is 0.331 e. The molecule has 184 valence electrons. The Morgan fingerprint density at radius 2 is 1.88 bits per heavy atom. The van der Waals surface area contributed by atoms with Gasteiger partial charge in [-0.25, -0.2) is 4.79 Å². The predicted octanol–water partition coefficient (Wildman–Crippen LogP) is 2.73. The molecular weight excluding hydrogens is 428 g/mol. The maximum Gasteiger partial charge on any atom is 0.331 e. The third-order valence-corrected chi connectivity index (χ3v) is 7.44. The third-order valence-electron chi connectivity index (χ3n) is 7.44. The zero-order chi connectivity index (χ0) is 24.7. The number of carbonyl (C=O) groups is 3. The van der Waals surface area contributed by atoms with Gasteiger partial charge in [0.15, 0.2) is 0 Å². The van der Waals surface area contributed by atoms with E-state index >= 15 is 0 Å². The Hall–Kier alpha value is -2.19. The second-order valence-corrected chi connectivity index (χ2v) is 9.85. The van der Waals surface area contributed by atoms with Crippen LogP contribution in [0.4, 0.5) is 0 Å². The second-order valence-electron chi connectivity index (χ2n) is 9.85. The van der Waals surface area contributed by atoms with Gasteiger partial charge in [0.2, 0.25) is 0 Å². The number of hydrogen-bond acceptors (Lipinski definition) is 8. The van der Waals surface area contributed by atoms with E-state index in [0.717, 1.165) is 5.57 Å². The van der Waals surface area contributed by atoms with Crippen molar-refractivity contribution in [3.63, 3.8) is 0 Å². The van der Waals surface area contributed by atoms with Crippen molar-refractivity contribution < 1.29 is 38.4 Å². The SMILES string of the molecule is C=C1C2CC(OC(C)=O)C(C(C)OC(C)=O)C2C(C2(C)CO2)C(O)C1OC(=O)/C=C(/C)CC. The lowest BCUT2D eigenvalue weighted by Crippen LogP contribution is -2.55. The number of allylic oxidation sites excluding steroid dienone is 1. The molecule has 3 aliphatic rings. The van der Waals surface area contributed by atoms with Gasteiger partial charge in [-0.2, -0.15) is 0 Å². The van der Waals surface area contributed by atoms with Crippen molar-refractivity contribution in [1.82, 2.24) is 0 Å². The van der Waals surface area contributed by atoms with E-state index in [1.165, 1.54) is 19.9 Å². The molecule has 0 amide bonds. The van der Waals surface area contributed by atoms with Crippen LogP contribution in [0, 0.1) is 23.7 Å². The highest BCUT2D eigenvalue weighted by Crippen LogP contribution is 2.59. The monoisotopic (exact) mass is 464 g/mol. The van der Waals surface area contributed by atoms with Gasteiger partial charge in [0.1, 0.15) is 24.4 Å². The lowest BCUT2D eigenvalue weighted by molar-refractivity contribution is -0.166. The summed E-state index contributed by atoms with van der Waals surface area (Å²) in [5.74, 6) is -2.62. The Balaban J connectivity index is 1.98. The van der Waals surface area contributed by atoms with Crippen LogP contribution in [-0.2, 0) is 33.3 Å². The molecule has 8 heteroatoms. The number of ether oxygens (including phenoxy) is 4. The van der Waals surface area contributed by atoms with Crippen LogP contribution in [0.2, 0.25) is 0 Å². The van der Waals surface area contributed by atoms with Crippen LogP contribution in [0.15, 0.2) is 23.8 Å². The summed E-state index contributed by atoms with van der Waals surface area (Å²) in [5.41, 5.74) is 0.829. The molecule has 1 N–H and O–H groups in total. The van der Waals surface area contributed by atoms with Crippen LogP contribution < -0.4 is 0 Å². The van der Waals surface area contributed by atoms with Gasteiger partial charge >= 0.3 is 17.9 Å². The van der Waals surface area contributed by atoms with Crippen molar-refractivity contribution >= 4 is 17.9 Å². The maximum absolute atomic E-state index is 12.5. The summed E-state index contributed by atoms with van der Waals surface area (Å²) in [6.07, 6.45) is -0.477. The van der Waals surface area contributed by atoms with Gasteiger partial charge in [-0.05, 0) is 51.0 Å². The number of epoxide rings is 1.